The van der Waals surface area contributed by atoms with E-state index >= 15 is 0 Å². The maximum absolute atomic E-state index is 12.6. The number of amides is 1. The molecule has 0 aliphatic carbocycles. The molecule has 1 amide bonds. The summed E-state index contributed by atoms with van der Waals surface area (Å²) >= 11 is 0. The molecule has 3 atom stereocenters. The van der Waals surface area contributed by atoms with Crippen LogP contribution in [0.2, 0.25) is 0 Å². The summed E-state index contributed by atoms with van der Waals surface area (Å²) in [5.74, 6) is 1.11. The van der Waals surface area contributed by atoms with Crippen LogP contribution in [-0.4, -0.2) is 66.8 Å². The fourth-order valence-electron chi connectivity index (χ4n) is 3.78. The van der Waals surface area contributed by atoms with E-state index in [0.29, 0.717) is 32.3 Å². The lowest BCUT2D eigenvalue weighted by Crippen LogP contribution is -2.46. The number of likely N-dealkylation sites (tertiary alicyclic amines) is 1. The lowest BCUT2D eigenvalue weighted by Gasteiger charge is -2.29. The number of fused-ring (bicyclic) bond motifs is 1. The molecule has 22 heavy (non-hydrogen) atoms. The number of morpholine rings is 1. The minimum absolute atomic E-state index is 0.135. The van der Waals surface area contributed by atoms with Crippen molar-refractivity contribution in [1.82, 2.24) is 9.80 Å². The monoisotopic (exact) mass is 306 g/mol. The van der Waals surface area contributed by atoms with E-state index in [4.69, 9.17) is 13.9 Å². The van der Waals surface area contributed by atoms with Crippen molar-refractivity contribution >= 4 is 5.91 Å². The van der Waals surface area contributed by atoms with Gasteiger partial charge in [-0.15, -0.1) is 0 Å². The van der Waals surface area contributed by atoms with Crippen LogP contribution in [0.5, 0.6) is 0 Å². The van der Waals surface area contributed by atoms with E-state index in [1.54, 1.807) is 6.26 Å². The lowest BCUT2D eigenvalue weighted by molar-refractivity contribution is -0.146. The van der Waals surface area contributed by atoms with Gasteiger partial charge in [0.15, 0.2) is 0 Å². The summed E-state index contributed by atoms with van der Waals surface area (Å²) in [5, 5.41) is 0. The molecule has 3 fully saturated rings. The normalized spacial score (nSPS) is 32.4. The van der Waals surface area contributed by atoms with Gasteiger partial charge in [-0.3, -0.25) is 9.69 Å². The third-order valence-electron chi connectivity index (χ3n) is 4.93. The van der Waals surface area contributed by atoms with Gasteiger partial charge in [0.1, 0.15) is 11.9 Å². The summed E-state index contributed by atoms with van der Waals surface area (Å²) < 4.78 is 16.8. The highest BCUT2D eigenvalue weighted by Gasteiger charge is 2.46. The predicted octanol–water partition coefficient (Wildman–Crippen LogP) is 0.870. The number of carbonyl (C=O) groups excluding carboxylic acids is 1. The van der Waals surface area contributed by atoms with Crippen molar-refractivity contribution in [3.05, 3.63) is 24.2 Å². The number of ether oxygens (including phenoxy) is 2. The molecule has 1 aromatic heterocycles. The third-order valence-corrected chi connectivity index (χ3v) is 4.93. The number of rotatable bonds is 3. The van der Waals surface area contributed by atoms with Gasteiger partial charge in [-0.1, -0.05) is 0 Å². The van der Waals surface area contributed by atoms with Crippen molar-refractivity contribution in [1.29, 1.82) is 0 Å². The average Bonchev–Trinajstić information content (AvgIpc) is 3.26. The molecule has 0 spiro atoms. The Morgan fingerprint density at radius 3 is 2.91 bits per heavy atom. The molecule has 0 unspecified atom stereocenters. The van der Waals surface area contributed by atoms with Crippen molar-refractivity contribution in [3.63, 3.8) is 0 Å². The van der Waals surface area contributed by atoms with Crippen LogP contribution in [-0.2, 0) is 20.8 Å². The lowest BCUT2D eigenvalue weighted by atomic mass is 10.1. The van der Waals surface area contributed by atoms with Gasteiger partial charge in [-0.25, -0.2) is 0 Å². The van der Waals surface area contributed by atoms with Gasteiger partial charge < -0.3 is 18.8 Å². The Morgan fingerprint density at radius 1 is 1.27 bits per heavy atom. The Labute approximate surface area is 129 Å². The molecular formula is C16H22N2O4. The number of hydrogen-bond donors (Lipinski definition) is 0. The summed E-state index contributed by atoms with van der Waals surface area (Å²) in [6, 6.07) is 4.25. The second-order valence-electron chi connectivity index (χ2n) is 6.24. The van der Waals surface area contributed by atoms with Crippen LogP contribution >= 0.6 is 0 Å². The van der Waals surface area contributed by atoms with Gasteiger partial charge in [0, 0.05) is 32.1 Å². The summed E-state index contributed by atoms with van der Waals surface area (Å²) in [5.41, 5.74) is 0. The maximum atomic E-state index is 12.6. The number of furan rings is 1. The van der Waals surface area contributed by atoms with Crippen molar-refractivity contribution < 1.29 is 18.7 Å². The van der Waals surface area contributed by atoms with E-state index in [2.05, 4.69) is 4.90 Å². The van der Waals surface area contributed by atoms with E-state index in [9.17, 15) is 4.79 Å². The first kappa shape index (κ1) is 14.2. The van der Waals surface area contributed by atoms with Crippen molar-refractivity contribution in [2.24, 2.45) is 0 Å². The smallest absolute Gasteiger partial charge is 0.251 e. The highest BCUT2D eigenvalue weighted by Crippen LogP contribution is 2.34. The molecule has 0 saturated carbocycles. The molecule has 3 saturated heterocycles. The van der Waals surface area contributed by atoms with Crippen LogP contribution in [0.4, 0.5) is 0 Å². The fourth-order valence-corrected chi connectivity index (χ4v) is 3.78. The zero-order valence-electron chi connectivity index (χ0n) is 12.6. The standard InChI is InChI=1S/C16H22N2O4/c19-16(17-5-8-20-9-6-17)15-10-13-14(22-15)3-4-18(13)11-12-2-1-7-21-12/h1-2,7,13-15H,3-6,8-11H2/t13-,14-,15+/m1/s1. The molecule has 6 heteroatoms. The first-order valence-electron chi connectivity index (χ1n) is 8.10. The van der Waals surface area contributed by atoms with Gasteiger partial charge in [-0.2, -0.15) is 0 Å². The maximum Gasteiger partial charge on any atom is 0.251 e. The molecule has 1 aromatic rings. The van der Waals surface area contributed by atoms with Gasteiger partial charge >= 0.3 is 0 Å². The number of hydrogen-bond acceptors (Lipinski definition) is 5. The van der Waals surface area contributed by atoms with Crippen LogP contribution in [0, 0.1) is 0 Å². The van der Waals surface area contributed by atoms with Crippen LogP contribution in [0.15, 0.2) is 22.8 Å². The molecule has 4 rings (SSSR count). The Kier molecular flexibility index (Phi) is 3.90. The Balaban J connectivity index is 1.38. The van der Waals surface area contributed by atoms with E-state index in [1.807, 2.05) is 17.0 Å². The third kappa shape index (κ3) is 2.66. The first-order valence-corrected chi connectivity index (χ1v) is 8.10. The summed E-state index contributed by atoms with van der Waals surface area (Å²) in [7, 11) is 0. The first-order chi connectivity index (χ1) is 10.8. The highest BCUT2D eigenvalue weighted by atomic mass is 16.5. The SMILES string of the molecule is O=C([C@@H]1C[C@@H]2[C@@H](CCN2Cc2ccco2)O1)N1CCOCC1. The van der Waals surface area contributed by atoms with E-state index in [1.165, 1.54) is 0 Å². The minimum Gasteiger partial charge on any atom is -0.468 e. The fraction of sp³-hybridized carbons (Fsp3) is 0.688. The topological polar surface area (TPSA) is 55.2 Å². The predicted molar refractivity (Wildman–Crippen MR) is 78.2 cm³/mol. The molecule has 6 nitrogen and oxygen atoms in total. The summed E-state index contributed by atoms with van der Waals surface area (Å²) in [6.07, 6.45) is 3.40. The Bertz CT molecular complexity index is 512. The van der Waals surface area contributed by atoms with Crippen molar-refractivity contribution in [3.8, 4) is 0 Å². The zero-order valence-corrected chi connectivity index (χ0v) is 12.6. The summed E-state index contributed by atoms with van der Waals surface area (Å²) in [6.45, 7) is 4.45. The molecule has 0 N–H and O–H groups in total. The highest BCUT2D eigenvalue weighted by molar-refractivity contribution is 5.81. The molecule has 3 aliphatic heterocycles. The van der Waals surface area contributed by atoms with Crippen molar-refractivity contribution in [2.75, 3.05) is 32.8 Å². The van der Waals surface area contributed by atoms with Gasteiger partial charge in [-0.05, 0) is 18.6 Å². The van der Waals surface area contributed by atoms with Crippen LogP contribution < -0.4 is 0 Å². The van der Waals surface area contributed by atoms with E-state index < -0.39 is 0 Å². The van der Waals surface area contributed by atoms with Crippen LogP contribution in [0.25, 0.3) is 0 Å². The molecular weight excluding hydrogens is 284 g/mol. The van der Waals surface area contributed by atoms with Gasteiger partial charge in [0.2, 0.25) is 0 Å². The molecule has 0 radical (unpaired) electrons. The van der Waals surface area contributed by atoms with Crippen LogP contribution in [0.1, 0.15) is 18.6 Å². The summed E-state index contributed by atoms with van der Waals surface area (Å²) in [4.78, 5) is 16.8. The quantitative estimate of drug-likeness (QED) is 0.829. The molecule has 3 aliphatic rings. The van der Waals surface area contributed by atoms with Gasteiger partial charge in [0.05, 0.1) is 32.1 Å². The minimum atomic E-state index is -0.285. The van der Waals surface area contributed by atoms with Crippen LogP contribution in [0.3, 0.4) is 0 Å². The second-order valence-corrected chi connectivity index (χ2v) is 6.24. The number of nitrogens with zero attached hydrogens (tertiary/aromatic N) is 2. The molecule has 120 valence electrons. The zero-order chi connectivity index (χ0) is 14.9. The average molecular weight is 306 g/mol. The number of carbonyl (C=O) groups is 1. The largest absolute Gasteiger partial charge is 0.468 e. The van der Waals surface area contributed by atoms with E-state index in [-0.39, 0.29) is 18.1 Å². The molecule has 0 bridgehead atoms. The molecule has 4 heterocycles. The molecule has 0 aromatic carbocycles. The van der Waals surface area contributed by atoms with E-state index in [0.717, 1.165) is 31.7 Å². The van der Waals surface area contributed by atoms with Crippen molar-refractivity contribution in [2.45, 2.75) is 37.6 Å². The Hall–Kier alpha value is -1.37. The Morgan fingerprint density at radius 2 is 2.14 bits per heavy atom. The van der Waals surface area contributed by atoms with Gasteiger partial charge in [0.25, 0.3) is 5.91 Å². The second kappa shape index (κ2) is 6.02.